The first kappa shape index (κ1) is 14.3. The molecule has 108 valence electrons. The minimum Gasteiger partial charge on any atom is -0.373 e. The van der Waals surface area contributed by atoms with Crippen molar-refractivity contribution in [1.82, 2.24) is 19.7 Å². The van der Waals surface area contributed by atoms with Gasteiger partial charge in [-0.05, 0) is 6.07 Å². The number of nitrogens with zero attached hydrogens (tertiary/aromatic N) is 4. The van der Waals surface area contributed by atoms with Gasteiger partial charge in [-0.25, -0.2) is 9.97 Å². The second kappa shape index (κ2) is 5.48. The largest absolute Gasteiger partial charge is 0.373 e. The Bertz CT molecular complexity index is 582. The molecule has 0 amide bonds. The summed E-state index contributed by atoms with van der Waals surface area (Å²) in [5.41, 5.74) is 1.02. The van der Waals surface area contributed by atoms with Crippen molar-refractivity contribution in [3.8, 4) is 0 Å². The summed E-state index contributed by atoms with van der Waals surface area (Å²) in [5, 5.41) is 10.5. The first-order valence-corrected chi connectivity index (χ1v) is 6.68. The monoisotopic (exact) mass is 274 g/mol. The van der Waals surface area contributed by atoms with Gasteiger partial charge < -0.3 is 10.6 Å². The lowest BCUT2D eigenvalue weighted by molar-refractivity contribution is 0.546. The van der Waals surface area contributed by atoms with Crippen molar-refractivity contribution in [2.75, 3.05) is 17.7 Å². The van der Waals surface area contributed by atoms with Crippen LogP contribution in [-0.4, -0.2) is 26.8 Å². The number of hydrogen-bond acceptors (Lipinski definition) is 5. The average molecular weight is 274 g/mol. The van der Waals surface area contributed by atoms with E-state index >= 15 is 0 Å². The van der Waals surface area contributed by atoms with Crippen LogP contribution in [-0.2, 0) is 19.0 Å². The minimum atomic E-state index is -0.0875. The van der Waals surface area contributed by atoms with E-state index in [9.17, 15) is 0 Å². The van der Waals surface area contributed by atoms with E-state index in [4.69, 9.17) is 0 Å². The Morgan fingerprint density at radius 2 is 1.90 bits per heavy atom. The molecule has 0 spiro atoms. The molecule has 0 fully saturated rings. The zero-order valence-corrected chi connectivity index (χ0v) is 12.7. The van der Waals surface area contributed by atoms with Crippen LogP contribution in [0.25, 0.3) is 0 Å². The van der Waals surface area contributed by atoms with Gasteiger partial charge in [0.1, 0.15) is 17.5 Å². The van der Waals surface area contributed by atoms with E-state index in [-0.39, 0.29) is 5.41 Å². The Labute approximate surface area is 119 Å². The van der Waals surface area contributed by atoms with Crippen molar-refractivity contribution >= 4 is 11.6 Å². The number of rotatable bonds is 4. The van der Waals surface area contributed by atoms with E-state index in [0.29, 0.717) is 6.54 Å². The van der Waals surface area contributed by atoms with Crippen molar-refractivity contribution in [1.29, 1.82) is 0 Å². The molecule has 0 unspecified atom stereocenters. The van der Waals surface area contributed by atoms with Crippen molar-refractivity contribution in [2.24, 2.45) is 7.05 Å². The Morgan fingerprint density at radius 3 is 2.45 bits per heavy atom. The van der Waals surface area contributed by atoms with E-state index in [1.54, 1.807) is 6.20 Å². The van der Waals surface area contributed by atoms with Crippen molar-refractivity contribution in [3.63, 3.8) is 0 Å². The first-order valence-electron chi connectivity index (χ1n) is 6.68. The molecular formula is C14H22N6. The number of aryl methyl sites for hydroxylation is 1. The lowest BCUT2D eigenvalue weighted by Crippen LogP contribution is -2.18. The summed E-state index contributed by atoms with van der Waals surface area (Å²) < 4.78 is 1.85. The fourth-order valence-corrected chi connectivity index (χ4v) is 1.76. The molecule has 0 saturated carbocycles. The first-order chi connectivity index (χ1) is 9.40. The van der Waals surface area contributed by atoms with Gasteiger partial charge >= 0.3 is 0 Å². The lowest BCUT2D eigenvalue weighted by Gasteiger charge is -2.18. The van der Waals surface area contributed by atoms with Crippen LogP contribution >= 0.6 is 0 Å². The van der Waals surface area contributed by atoms with Gasteiger partial charge in [0, 0.05) is 31.8 Å². The molecule has 2 N–H and O–H groups in total. The number of hydrogen-bond donors (Lipinski definition) is 2. The van der Waals surface area contributed by atoms with Gasteiger partial charge in [-0.15, -0.1) is 0 Å². The Hall–Kier alpha value is -2.11. The molecule has 2 heterocycles. The van der Waals surface area contributed by atoms with E-state index in [2.05, 4.69) is 46.5 Å². The van der Waals surface area contributed by atoms with Gasteiger partial charge in [-0.1, -0.05) is 20.8 Å². The summed E-state index contributed by atoms with van der Waals surface area (Å²) in [5.74, 6) is 2.45. The lowest BCUT2D eigenvalue weighted by atomic mass is 9.96. The SMILES string of the molecule is CNc1cc(NCc2ccnn2C)nc(C(C)(C)C)n1. The van der Waals surface area contributed by atoms with Crippen LogP contribution in [0.4, 0.5) is 11.6 Å². The van der Waals surface area contributed by atoms with Crippen LogP contribution in [0, 0.1) is 0 Å². The van der Waals surface area contributed by atoms with E-state index in [1.165, 1.54) is 0 Å². The number of anilines is 2. The second-order valence-electron chi connectivity index (χ2n) is 5.76. The zero-order valence-electron chi connectivity index (χ0n) is 12.7. The maximum absolute atomic E-state index is 4.59. The van der Waals surface area contributed by atoms with Crippen molar-refractivity contribution in [3.05, 3.63) is 29.8 Å². The third kappa shape index (κ3) is 3.26. The molecule has 0 radical (unpaired) electrons. The van der Waals surface area contributed by atoms with Crippen LogP contribution in [0.5, 0.6) is 0 Å². The molecule has 0 aliphatic rings. The highest BCUT2D eigenvalue weighted by molar-refractivity contribution is 5.48. The minimum absolute atomic E-state index is 0.0875. The summed E-state index contributed by atoms with van der Waals surface area (Å²) in [6.45, 7) is 6.99. The standard InChI is InChI=1S/C14H22N6/c1-14(2,3)13-18-11(15-4)8-12(19-13)16-9-10-6-7-17-20(10)5/h6-8H,9H2,1-5H3,(H2,15,16,18,19). The number of nitrogens with one attached hydrogen (secondary N) is 2. The highest BCUT2D eigenvalue weighted by Gasteiger charge is 2.19. The summed E-state index contributed by atoms with van der Waals surface area (Å²) in [4.78, 5) is 9.10. The van der Waals surface area contributed by atoms with Gasteiger partial charge in [0.15, 0.2) is 0 Å². The van der Waals surface area contributed by atoms with Crippen molar-refractivity contribution < 1.29 is 0 Å². The summed E-state index contributed by atoms with van der Waals surface area (Å²) in [6.07, 6.45) is 1.79. The van der Waals surface area contributed by atoms with Gasteiger partial charge in [0.2, 0.25) is 0 Å². The Balaban J connectivity index is 2.21. The molecule has 6 heteroatoms. The quantitative estimate of drug-likeness (QED) is 0.894. The summed E-state index contributed by atoms with van der Waals surface area (Å²) in [6, 6.07) is 3.89. The topological polar surface area (TPSA) is 67.7 Å². The molecule has 0 aliphatic carbocycles. The summed E-state index contributed by atoms with van der Waals surface area (Å²) >= 11 is 0. The summed E-state index contributed by atoms with van der Waals surface area (Å²) in [7, 11) is 3.79. The predicted molar refractivity (Wildman–Crippen MR) is 80.8 cm³/mol. The van der Waals surface area contributed by atoms with Crippen LogP contribution < -0.4 is 10.6 Å². The molecule has 0 aliphatic heterocycles. The van der Waals surface area contributed by atoms with E-state index < -0.39 is 0 Å². The predicted octanol–water partition coefficient (Wildman–Crippen LogP) is 2.16. The van der Waals surface area contributed by atoms with Gasteiger partial charge in [0.25, 0.3) is 0 Å². The Morgan fingerprint density at radius 1 is 1.20 bits per heavy atom. The molecule has 6 nitrogen and oxygen atoms in total. The molecule has 2 rings (SSSR count). The average Bonchev–Trinajstić information content (AvgIpc) is 2.80. The second-order valence-corrected chi connectivity index (χ2v) is 5.76. The van der Waals surface area contributed by atoms with Gasteiger partial charge in [0.05, 0.1) is 12.2 Å². The number of aromatic nitrogens is 4. The van der Waals surface area contributed by atoms with Crippen LogP contribution in [0.2, 0.25) is 0 Å². The van der Waals surface area contributed by atoms with Crippen LogP contribution in [0.15, 0.2) is 18.3 Å². The van der Waals surface area contributed by atoms with Crippen LogP contribution in [0.1, 0.15) is 32.3 Å². The third-order valence-corrected chi connectivity index (χ3v) is 3.03. The van der Waals surface area contributed by atoms with Gasteiger partial charge in [-0.3, -0.25) is 4.68 Å². The van der Waals surface area contributed by atoms with Gasteiger partial charge in [-0.2, -0.15) is 5.10 Å². The Kier molecular flexibility index (Phi) is 3.92. The molecule has 20 heavy (non-hydrogen) atoms. The smallest absolute Gasteiger partial charge is 0.138 e. The fourth-order valence-electron chi connectivity index (χ4n) is 1.76. The maximum atomic E-state index is 4.59. The zero-order chi connectivity index (χ0) is 14.8. The molecule has 0 aromatic carbocycles. The fraction of sp³-hybridized carbons (Fsp3) is 0.500. The molecule has 2 aromatic heterocycles. The van der Waals surface area contributed by atoms with Crippen LogP contribution in [0.3, 0.4) is 0 Å². The molecule has 0 bridgehead atoms. The van der Waals surface area contributed by atoms with E-state index in [0.717, 1.165) is 23.2 Å². The maximum Gasteiger partial charge on any atom is 0.138 e. The molecule has 0 atom stereocenters. The van der Waals surface area contributed by atoms with Crippen molar-refractivity contribution in [2.45, 2.75) is 32.7 Å². The molecule has 2 aromatic rings. The normalized spacial score (nSPS) is 11.4. The highest BCUT2D eigenvalue weighted by atomic mass is 15.3. The molecular weight excluding hydrogens is 252 g/mol. The third-order valence-electron chi connectivity index (χ3n) is 3.03. The molecule has 0 saturated heterocycles. The van der Waals surface area contributed by atoms with E-state index in [1.807, 2.05) is 30.9 Å². The highest BCUT2D eigenvalue weighted by Crippen LogP contribution is 2.22.